The Bertz CT molecular complexity index is 3010. The van der Waals surface area contributed by atoms with Gasteiger partial charge in [0.25, 0.3) is 35.4 Å². The molecule has 0 bridgehead atoms. The number of nitro groups is 2. The van der Waals surface area contributed by atoms with E-state index >= 15 is 0 Å². The van der Waals surface area contributed by atoms with Crippen molar-refractivity contribution in [1.82, 2.24) is 42.2 Å². The lowest BCUT2D eigenvalue weighted by Crippen LogP contribution is -2.60. The van der Waals surface area contributed by atoms with Gasteiger partial charge in [-0.2, -0.15) is 0 Å². The van der Waals surface area contributed by atoms with Crippen molar-refractivity contribution in [2.24, 2.45) is 77.3 Å². The number of aliphatic imine (C=N–C) groups is 4. The summed E-state index contributed by atoms with van der Waals surface area (Å²) in [5.74, 6) is -13.9. The Morgan fingerprint density at radius 3 is 1.49 bits per heavy atom. The van der Waals surface area contributed by atoms with E-state index in [4.69, 9.17) is 62.0 Å². The number of anilines is 1. The summed E-state index contributed by atoms with van der Waals surface area (Å²) in [7, 11) is 0. The first kappa shape index (κ1) is 57.3. The van der Waals surface area contributed by atoms with E-state index in [-0.39, 0.29) is 22.3 Å². The molecule has 76 heavy (non-hydrogen) atoms. The lowest BCUT2D eigenvalue weighted by atomic mass is 10.1. The first-order chi connectivity index (χ1) is 35.7. The van der Waals surface area contributed by atoms with Crippen LogP contribution in [-0.4, -0.2) is 133 Å². The fourth-order valence-corrected chi connectivity index (χ4v) is 6.22. The number of aromatic nitrogens is 2. The number of non-ortho nitro benzene ring substituents is 1. The van der Waals surface area contributed by atoms with Crippen LogP contribution in [0.5, 0.6) is 5.75 Å². The number of aromatic hydroxyl groups is 1. The fourth-order valence-electron chi connectivity index (χ4n) is 6.22. The number of nitrogens with zero attached hydrogens (tertiary/aromatic N) is 9. The van der Waals surface area contributed by atoms with E-state index in [0.29, 0.717) is 0 Å². The molecule has 0 aliphatic heterocycles. The van der Waals surface area contributed by atoms with Gasteiger partial charge >= 0.3 is 11.4 Å². The van der Waals surface area contributed by atoms with Crippen LogP contribution in [0.15, 0.2) is 85.3 Å². The van der Waals surface area contributed by atoms with Crippen molar-refractivity contribution in [3.8, 4) is 5.75 Å². The Balaban J connectivity index is 1.68. The van der Waals surface area contributed by atoms with Gasteiger partial charge in [0.1, 0.15) is 6.04 Å². The maximum absolute atomic E-state index is 14.3. The maximum atomic E-state index is 14.3. The second kappa shape index (κ2) is 25.2. The number of fused-ring (bicyclic) bond motifs is 1. The number of rotatable bonds is 24. The molecule has 0 radical (unpaired) electrons. The number of hydrogen-bond donors (Lipinski definition) is 18. The number of nitrogens with two attached hydrogens (primary N) is 10. The van der Waals surface area contributed by atoms with Gasteiger partial charge in [0.15, 0.2) is 41.3 Å². The van der Waals surface area contributed by atoms with Gasteiger partial charge in [0, 0.05) is 18.7 Å². The van der Waals surface area contributed by atoms with Crippen LogP contribution in [0.4, 0.5) is 17.1 Å². The molecular formula is C37H47N25O14. The van der Waals surface area contributed by atoms with Crippen molar-refractivity contribution in [3.63, 3.8) is 0 Å². The summed E-state index contributed by atoms with van der Waals surface area (Å²) in [6, 6.07) is 10.0. The highest BCUT2D eigenvalue weighted by molar-refractivity contribution is 6.00. The van der Waals surface area contributed by atoms with Gasteiger partial charge in [-0.25, -0.2) is 24.6 Å². The number of hydrogen-bond acceptors (Lipinski definition) is 22. The predicted molar refractivity (Wildman–Crippen MR) is 259 cm³/mol. The zero-order valence-corrected chi connectivity index (χ0v) is 38.6. The first-order valence-corrected chi connectivity index (χ1v) is 20.8. The van der Waals surface area contributed by atoms with Gasteiger partial charge < -0.3 is 104 Å². The number of aliphatic hydroxyl groups is 1. The van der Waals surface area contributed by atoms with Crippen molar-refractivity contribution in [2.75, 3.05) is 4.90 Å². The number of nitrogens with one attached hydrogen (secondary N) is 6. The lowest BCUT2D eigenvalue weighted by molar-refractivity contribution is -0.385. The third kappa shape index (κ3) is 15.4. The Morgan fingerprint density at radius 2 is 1.04 bits per heavy atom. The summed E-state index contributed by atoms with van der Waals surface area (Å²) >= 11 is 0. The zero-order valence-electron chi connectivity index (χ0n) is 38.6. The molecule has 0 aliphatic carbocycles. The second-order valence-corrected chi connectivity index (χ2v) is 15.0. The molecule has 4 aromatic rings. The van der Waals surface area contributed by atoms with E-state index in [1.807, 2.05) is 21.3 Å². The van der Waals surface area contributed by atoms with E-state index < -0.39 is 147 Å². The lowest BCUT2D eigenvalue weighted by Gasteiger charge is -2.30. The van der Waals surface area contributed by atoms with Gasteiger partial charge in [-0.05, 0) is 33.6 Å². The number of amides is 7. The van der Waals surface area contributed by atoms with Gasteiger partial charge in [0.05, 0.1) is 15.5 Å². The fraction of sp³-hybridized carbons (Fsp3) is 0.216. The van der Waals surface area contributed by atoms with E-state index in [1.54, 1.807) is 0 Å². The molecule has 7 atom stereocenters. The molecule has 0 aliphatic rings. The Labute approximate surface area is 422 Å². The number of benzene rings is 3. The average molecular weight is 1070 g/mol. The highest BCUT2D eigenvalue weighted by atomic mass is 16.6. The molecule has 0 saturated heterocycles. The van der Waals surface area contributed by atoms with Crippen molar-refractivity contribution < 1.29 is 58.3 Å². The van der Waals surface area contributed by atoms with Crippen LogP contribution in [0.2, 0.25) is 0 Å². The highest BCUT2D eigenvalue weighted by Gasteiger charge is 2.36. The minimum atomic E-state index is -2.44. The first-order valence-electron chi connectivity index (χ1n) is 20.8. The summed E-state index contributed by atoms with van der Waals surface area (Å²) in [5.41, 5.74) is 51.7. The van der Waals surface area contributed by atoms with E-state index in [2.05, 4.69) is 40.9 Å². The van der Waals surface area contributed by atoms with E-state index in [1.165, 1.54) is 36.4 Å². The summed E-state index contributed by atoms with van der Waals surface area (Å²) in [4.78, 5) is 130. The molecular weight excluding hydrogens is 1020 g/mol. The molecule has 39 nitrogen and oxygen atoms in total. The zero-order chi connectivity index (χ0) is 56.7. The normalized spacial score (nSPS) is 13.4. The van der Waals surface area contributed by atoms with Gasteiger partial charge in [0.2, 0.25) is 42.3 Å². The second-order valence-electron chi connectivity index (χ2n) is 15.0. The largest absolute Gasteiger partial charge is 0.502 e. The number of primary amides is 1. The number of carbonyl (C=O) groups is 7. The van der Waals surface area contributed by atoms with Crippen molar-refractivity contribution >= 4 is 93.3 Å². The molecule has 4 rings (SSSR count). The Hall–Kier alpha value is -11.3. The monoisotopic (exact) mass is 1070 g/mol. The molecule has 1 heterocycles. The summed E-state index contributed by atoms with van der Waals surface area (Å²) < 4.78 is 4.72. The number of nitro benzene ring substituents is 2. The summed E-state index contributed by atoms with van der Waals surface area (Å²) in [6.45, 7) is -0.643. The van der Waals surface area contributed by atoms with Crippen LogP contribution < -0.4 is 94.1 Å². The van der Waals surface area contributed by atoms with Crippen LogP contribution in [-0.2, 0) is 40.1 Å². The number of phenolic OH excluding ortho intramolecular Hbond substituents is 1. The minimum Gasteiger partial charge on any atom is -0.502 e. The van der Waals surface area contributed by atoms with Gasteiger partial charge in [-0.1, -0.05) is 36.4 Å². The van der Waals surface area contributed by atoms with Gasteiger partial charge in [-0.3, -0.25) is 53.8 Å². The summed E-state index contributed by atoms with van der Waals surface area (Å²) in [6.07, 6.45) is -13.1. The molecule has 1 aromatic heterocycles. The molecule has 404 valence electrons. The van der Waals surface area contributed by atoms with Crippen molar-refractivity contribution in [2.45, 2.75) is 49.6 Å². The Morgan fingerprint density at radius 1 is 0.592 bits per heavy atom. The SMILES string of the molecule is NC(=O)C(N)NC(=O)C(N=C(N)N)NC(=O)C(N=C(N)N)NC(=O)C(N=C(N)N)NC(=O)C(N=C(N)N)NC(=O)C(NC(=O)C(O)N(Cc1ccc(O)c([N+](=O)[O-])c1)c1ccc([N+](=O)[O-])c2nonc12)c1ccccc1. The number of aliphatic hydroxyl groups excluding tert-OH is 1. The predicted octanol–water partition coefficient (Wildman–Crippen LogP) is -9.32. The minimum absolute atomic E-state index is 0.0321. The molecule has 0 fully saturated rings. The average Bonchev–Trinajstić information content (AvgIpc) is 3.84. The van der Waals surface area contributed by atoms with Crippen LogP contribution in [0, 0.1) is 20.2 Å². The molecule has 39 heteroatoms. The molecule has 7 unspecified atom stereocenters. The highest BCUT2D eigenvalue weighted by Crippen LogP contribution is 2.34. The van der Waals surface area contributed by atoms with E-state index in [9.17, 15) is 64.0 Å². The topological polar surface area (TPSA) is 670 Å². The number of guanidine groups is 4. The van der Waals surface area contributed by atoms with Crippen LogP contribution in [0.3, 0.4) is 0 Å². The van der Waals surface area contributed by atoms with Crippen LogP contribution in [0.25, 0.3) is 11.0 Å². The smallest absolute Gasteiger partial charge is 0.311 e. The Kier molecular flexibility index (Phi) is 19.0. The maximum Gasteiger partial charge on any atom is 0.311 e. The van der Waals surface area contributed by atoms with Gasteiger partial charge in [-0.15, -0.1) is 0 Å². The third-order valence-electron chi connectivity index (χ3n) is 9.51. The quantitative estimate of drug-likeness (QED) is 0.0102. The van der Waals surface area contributed by atoms with Crippen molar-refractivity contribution in [1.29, 1.82) is 0 Å². The third-order valence-corrected chi connectivity index (χ3v) is 9.51. The van der Waals surface area contributed by atoms with Crippen LogP contribution >= 0.6 is 0 Å². The summed E-state index contributed by atoms with van der Waals surface area (Å²) in [5, 5.41) is 64.8. The number of carbonyl (C=O) groups excluding carboxylic acids is 7. The molecule has 0 saturated carbocycles. The molecule has 7 amide bonds. The van der Waals surface area contributed by atoms with Crippen LogP contribution in [0.1, 0.15) is 17.2 Å². The molecule has 0 spiro atoms. The van der Waals surface area contributed by atoms with Crippen molar-refractivity contribution in [3.05, 3.63) is 92.0 Å². The van der Waals surface area contributed by atoms with E-state index in [0.717, 1.165) is 29.2 Å². The number of phenols is 1. The molecule has 3 aromatic carbocycles. The molecule has 28 N–H and O–H groups in total. The standard InChI is InChI=1S/C37H47N25O14/c38-21(22(39)64)49-28(66)23(54-34(40)41)51-30(68)25(56-36(44)45)53-31(69)26(57-37(46)47)52-29(67)24(55-35(42)43)50-27(65)18(13-4-2-1-3-5-13)48-32(70)33(71)60(11-12-6-9-17(63)16(10-12)62(74)75)14-7-8-15(61(72)73)20-19(14)58-76-59-20/h1-10,18,21,23-26,33,63,71H,11,38H2,(H2,39,64)(H,48,70)(H,49,66)(H,50,65)(H,51,68)(H,52,67)(H,53,69)(H4,40,41,54)(H4,42,43,55)(H4,44,45,56)(H4,46,47,57).